The van der Waals surface area contributed by atoms with Crippen molar-refractivity contribution in [3.8, 4) is 11.5 Å². The highest BCUT2D eigenvalue weighted by molar-refractivity contribution is 5.79. The lowest BCUT2D eigenvalue weighted by Gasteiger charge is -2.13. The first-order valence-corrected chi connectivity index (χ1v) is 10.0. The summed E-state index contributed by atoms with van der Waals surface area (Å²) in [6.45, 7) is 3.09. The first kappa shape index (κ1) is 22.6. The molecule has 6 heteroatoms. The van der Waals surface area contributed by atoms with E-state index in [1.807, 2.05) is 30.3 Å². The van der Waals surface area contributed by atoms with E-state index in [-0.39, 0.29) is 0 Å². The summed E-state index contributed by atoms with van der Waals surface area (Å²) in [6, 6.07) is 16.2. The minimum atomic E-state index is 0.674. The number of guanidine groups is 1. The third-order valence-electron chi connectivity index (χ3n) is 4.50. The van der Waals surface area contributed by atoms with Crippen molar-refractivity contribution in [2.45, 2.75) is 25.9 Å². The molecule has 2 N–H and O–H groups in total. The van der Waals surface area contributed by atoms with E-state index in [0.717, 1.165) is 56.4 Å². The molecule has 0 bridgehead atoms. The Morgan fingerprint density at radius 2 is 1.62 bits per heavy atom. The molecule has 0 radical (unpaired) electrons. The molecule has 0 atom stereocenters. The molecule has 2 rings (SSSR count). The van der Waals surface area contributed by atoms with Gasteiger partial charge in [-0.15, -0.1) is 0 Å². The Balaban J connectivity index is 1.57. The van der Waals surface area contributed by atoms with Crippen LogP contribution in [0.1, 0.15) is 24.0 Å². The number of ether oxygens (including phenoxy) is 3. The van der Waals surface area contributed by atoms with E-state index in [4.69, 9.17) is 14.2 Å². The standard InChI is InChI=1S/C23H33N3O3/c1-24-23(25-14-7-8-16-29-18-20-9-5-4-6-10-20)26-15-13-19-11-12-21(27-2)22(17-19)28-3/h4-6,9-12,17H,7-8,13-16,18H2,1-3H3,(H2,24,25,26). The largest absolute Gasteiger partial charge is 0.493 e. The molecule has 0 aliphatic rings. The average molecular weight is 400 g/mol. The number of rotatable bonds is 12. The molecule has 158 valence electrons. The maximum absolute atomic E-state index is 5.71. The average Bonchev–Trinajstić information content (AvgIpc) is 2.77. The zero-order valence-corrected chi connectivity index (χ0v) is 17.7. The summed E-state index contributed by atoms with van der Waals surface area (Å²) in [5.41, 5.74) is 2.39. The first-order valence-electron chi connectivity index (χ1n) is 10.0. The fourth-order valence-electron chi connectivity index (χ4n) is 2.88. The molecule has 0 aliphatic carbocycles. The van der Waals surface area contributed by atoms with Gasteiger partial charge < -0.3 is 24.8 Å². The van der Waals surface area contributed by atoms with Crippen LogP contribution in [0, 0.1) is 0 Å². The summed E-state index contributed by atoms with van der Waals surface area (Å²) in [7, 11) is 5.08. The van der Waals surface area contributed by atoms with Gasteiger partial charge in [-0.2, -0.15) is 0 Å². The molecule has 6 nitrogen and oxygen atoms in total. The summed E-state index contributed by atoms with van der Waals surface area (Å²) in [4.78, 5) is 4.27. The second-order valence-electron chi connectivity index (χ2n) is 6.61. The van der Waals surface area contributed by atoms with Crippen molar-refractivity contribution in [1.82, 2.24) is 10.6 Å². The smallest absolute Gasteiger partial charge is 0.190 e. The van der Waals surface area contributed by atoms with Crippen molar-refractivity contribution in [2.75, 3.05) is 41.0 Å². The topological polar surface area (TPSA) is 64.1 Å². The molecule has 0 spiro atoms. The van der Waals surface area contributed by atoms with Gasteiger partial charge in [0.2, 0.25) is 0 Å². The van der Waals surface area contributed by atoms with Crippen LogP contribution in [0.3, 0.4) is 0 Å². The van der Waals surface area contributed by atoms with E-state index in [0.29, 0.717) is 6.61 Å². The van der Waals surface area contributed by atoms with Gasteiger partial charge >= 0.3 is 0 Å². The van der Waals surface area contributed by atoms with Crippen LogP contribution in [0.4, 0.5) is 0 Å². The molecule has 2 aromatic rings. The Kier molecular flexibility index (Phi) is 10.5. The Bertz CT molecular complexity index is 735. The van der Waals surface area contributed by atoms with Gasteiger partial charge in [0, 0.05) is 26.7 Å². The summed E-state index contributed by atoms with van der Waals surface area (Å²) in [5, 5.41) is 6.69. The van der Waals surface area contributed by atoms with E-state index in [1.165, 1.54) is 11.1 Å². The van der Waals surface area contributed by atoms with E-state index in [9.17, 15) is 0 Å². The van der Waals surface area contributed by atoms with Gasteiger partial charge in [0.05, 0.1) is 20.8 Å². The molecule has 2 aromatic carbocycles. The van der Waals surface area contributed by atoms with Crippen molar-refractivity contribution in [3.05, 3.63) is 59.7 Å². The van der Waals surface area contributed by atoms with E-state index < -0.39 is 0 Å². The fraction of sp³-hybridized carbons (Fsp3) is 0.435. The van der Waals surface area contributed by atoms with Gasteiger partial charge in [0.25, 0.3) is 0 Å². The molecule has 0 saturated heterocycles. The zero-order chi connectivity index (χ0) is 20.7. The van der Waals surface area contributed by atoms with Crippen molar-refractivity contribution >= 4 is 5.96 Å². The minimum Gasteiger partial charge on any atom is -0.493 e. The molecule has 0 fully saturated rings. The van der Waals surface area contributed by atoms with Gasteiger partial charge in [-0.1, -0.05) is 36.4 Å². The Morgan fingerprint density at radius 3 is 2.34 bits per heavy atom. The van der Waals surface area contributed by atoms with Gasteiger partial charge in [-0.05, 0) is 42.5 Å². The Labute approximate surface area is 174 Å². The molecular weight excluding hydrogens is 366 g/mol. The molecule has 29 heavy (non-hydrogen) atoms. The fourth-order valence-corrected chi connectivity index (χ4v) is 2.88. The molecule has 0 aliphatic heterocycles. The van der Waals surface area contributed by atoms with Crippen LogP contribution in [0.2, 0.25) is 0 Å². The Hall–Kier alpha value is -2.73. The van der Waals surface area contributed by atoms with Crippen LogP contribution in [-0.4, -0.2) is 46.9 Å². The lowest BCUT2D eigenvalue weighted by Crippen LogP contribution is -2.38. The monoisotopic (exact) mass is 399 g/mol. The normalized spacial score (nSPS) is 11.2. The summed E-state index contributed by atoms with van der Waals surface area (Å²) in [5.74, 6) is 2.31. The highest BCUT2D eigenvalue weighted by Crippen LogP contribution is 2.27. The van der Waals surface area contributed by atoms with Crippen LogP contribution in [0.15, 0.2) is 53.5 Å². The van der Waals surface area contributed by atoms with Crippen LogP contribution < -0.4 is 20.1 Å². The lowest BCUT2D eigenvalue weighted by atomic mass is 10.1. The summed E-state index contributed by atoms with van der Waals surface area (Å²) in [6.07, 6.45) is 2.92. The molecule has 0 saturated carbocycles. The SMILES string of the molecule is CN=C(NCCCCOCc1ccccc1)NCCc1ccc(OC)c(OC)c1. The number of benzene rings is 2. The first-order chi connectivity index (χ1) is 14.3. The highest BCUT2D eigenvalue weighted by atomic mass is 16.5. The lowest BCUT2D eigenvalue weighted by molar-refractivity contribution is 0.117. The number of aliphatic imine (C=N–C) groups is 1. The van der Waals surface area contributed by atoms with E-state index in [1.54, 1.807) is 21.3 Å². The second-order valence-corrected chi connectivity index (χ2v) is 6.61. The van der Waals surface area contributed by atoms with Gasteiger partial charge in [0.15, 0.2) is 17.5 Å². The van der Waals surface area contributed by atoms with Gasteiger partial charge in [-0.3, -0.25) is 4.99 Å². The summed E-state index contributed by atoms with van der Waals surface area (Å²) >= 11 is 0. The van der Waals surface area contributed by atoms with Crippen LogP contribution in [0.25, 0.3) is 0 Å². The van der Waals surface area contributed by atoms with Crippen molar-refractivity contribution < 1.29 is 14.2 Å². The zero-order valence-electron chi connectivity index (χ0n) is 17.7. The summed E-state index contributed by atoms with van der Waals surface area (Å²) < 4.78 is 16.3. The Morgan fingerprint density at radius 1 is 0.862 bits per heavy atom. The highest BCUT2D eigenvalue weighted by Gasteiger charge is 2.05. The maximum Gasteiger partial charge on any atom is 0.190 e. The van der Waals surface area contributed by atoms with Crippen LogP contribution in [0.5, 0.6) is 11.5 Å². The van der Waals surface area contributed by atoms with Gasteiger partial charge in [-0.25, -0.2) is 0 Å². The second kappa shape index (κ2) is 13.4. The van der Waals surface area contributed by atoms with Gasteiger partial charge in [0.1, 0.15) is 0 Å². The van der Waals surface area contributed by atoms with Crippen molar-refractivity contribution in [2.24, 2.45) is 4.99 Å². The number of hydrogen-bond acceptors (Lipinski definition) is 4. The van der Waals surface area contributed by atoms with Crippen LogP contribution in [-0.2, 0) is 17.8 Å². The molecular formula is C23H33N3O3. The van der Waals surface area contributed by atoms with E-state index in [2.05, 4.69) is 33.8 Å². The molecule has 0 unspecified atom stereocenters. The maximum atomic E-state index is 5.71. The van der Waals surface area contributed by atoms with Crippen molar-refractivity contribution in [1.29, 1.82) is 0 Å². The third-order valence-corrected chi connectivity index (χ3v) is 4.50. The number of hydrogen-bond donors (Lipinski definition) is 2. The quantitative estimate of drug-likeness (QED) is 0.325. The molecule has 0 amide bonds. The number of methoxy groups -OCH3 is 2. The molecule has 0 heterocycles. The predicted octanol–water partition coefficient (Wildman–Crippen LogP) is 3.41. The van der Waals surface area contributed by atoms with Crippen LogP contribution >= 0.6 is 0 Å². The minimum absolute atomic E-state index is 0.674. The number of nitrogens with zero attached hydrogens (tertiary/aromatic N) is 1. The van der Waals surface area contributed by atoms with Crippen molar-refractivity contribution in [3.63, 3.8) is 0 Å². The van der Waals surface area contributed by atoms with E-state index >= 15 is 0 Å². The molecule has 0 aromatic heterocycles. The predicted molar refractivity (Wildman–Crippen MR) is 118 cm³/mol. The number of nitrogens with one attached hydrogen (secondary N) is 2. The third kappa shape index (κ3) is 8.44. The number of unbranched alkanes of at least 4 members (excludes halogenated alkanes) is 1.